The number of carbonyl (C=O) groups is 2. The van der Waals surface area contributed by atoms with E-state index in [2.05, 4.69) is 15.6 Å². The summed E-state index contributed by atoms with van der Waals surface area (Å²) in [4.78, 5) is 30.1. The maximum absolute atomic E-state index is 12.5. The molecule has 2 amide bonds. The lowest BCUT2D eigenvalue weighted by atomic mass is 10.1. The van der Waals surface area contributed by atoms with E-state index < -0.39 is 0 Å². The molecule has 140 valence electrons. The Hall–Kier alpha value is -2.51. The number of thiophene rings is 1. The highest BCUT2D eigenvalue weighted by Crippen LogP contribution is 2.28. The van der Waals surface area contributed by atoms with Crippen molar-refractivity contribution in [3.63, 3.8) is 0 Å². The van der Waals surface area contributed by atoms with E-state index in [4.69, 9.17) is 0 Å². The van der Waals surface area contributed by atoms with Crippen LogP contribution in [-0.4, -0.2) is 23.3 Å². The second-order valence-corrected chi connectivity index (χ2v) is 8.41. The summed E-state index contributed by atoms with van der Waals surface area (Å²) in [6.45, 7) is 6.60. The van der Waals surface area contributed by atoms with Crippen LogP contribution in [-0.2, 0) is 0 Å². The molecule has 2 aromatic heterocycles. The van der Waals surface area contributed by atoms with Crippen LogP contribution in [0.4, 0.5) is 5.69 Å². The molecule has 0 aliphatic heterocycles. The second kappa shape index (κ2) is 8.45. The van der Waals surface area contributed by atoms with E-state index in [0.29, 0.717) is 29.4 Å². The average Bonchev–Trinajstić information content (AvgIpc) is 3.32. The number of aromatic nitrogens is 1. The first-order chi connectivity index (χ1) is 12.9. The van der Waals surface area contributed by atoms with Gasteiger partial charge in [0.25, 0.3) is 11.8 Å². The minimum absolute atomic E-state index is 0.107. The third-order valence-corrected chi connectivity index (χ3v) is 5.76. The zero-order valence-electron chi connectivity index (χ0n) is 15.4. The zero-order valence-corrected chi connectivity index (χ0v) is 17.0. The molecule has 2 N–H and O–H groups in total. The number of rotatable bonds is 6. The number of thiazole rings is 1. The average molecular weight is 400 g/mol. The monoisotopic (exact) mass is 399 g/mol. The normalized spacial score (nSPS) is 10.8. The van der Waals surface area contributed by atoms with Gasteiger partial charge in [0.1, 0.15) is 10.7 Å². The first-order valence-corrected chi connectivity index (χ1v) is 10.4. The van der Waals surface area contributed by atoms with E-state index in [1.165, 1.54) is 11.3 Å². The molecular weight excluding hydrogens is 378 g/mol. The lowest BCUT2D eigenvalue weighted by Crippen LogP contribution is -2.27. The van der Waals surface area contributed by atoms with Crippen LogP contribution < -0.4 is 10.6 Å². The molecule has 0 unspecified atom stereocenters. The largest absolute Gasteiger partial charge is 0.352 e. The third kappa shape index (κ3) is 4.81. The molecule has 0 aliphatic rings. The molecule has 1 aromatic carbocycles. The lowest BCUT2D eigenvalue weighted by Gasteiger charge is -2.11. The number of nitrogens with zero attached hydrogens (tertiary/aromatic N) is 1. The molecule has 3 rings (SSSR count). The van der Waals surface area contributed by atoms with Crippen LogP contribution in [0.25, 0.3) is 9.88 Å². The highest BCUT2D eigenvalue weighted by molar-refractivity contribution is 7.20. The predicted octanol–water partition coefficient (Wildman–Crippen LogP) is 4.82. The van der Waals surface area contributed by atoms with Crippen molar-refractivity contribution < 1.29 is 9.59 Å². The molecule has 5 nitrogen and oxygen atoms in total. The SMILES string of the molecule is Cc1cc(C(=O)NCC(C)C)ccc1NC(=O)c1csc(-c2cccs2)n1. The quantitative estimate of drug-likeness (QED) is 0.624. The summed E-state index contributed by atoms with van der Waals surface area (Å²) in [7, 11) is 0. The maximum atomic E-state index is 12.5. The van der Waals surface area contributed by atoms with Gasteiger partial charge in [-0.25, -0.2) is 4.98 Å². The number of anilines is 1. The van der Waals surface area contributed by atoms with Crippen LogP contribution in [0.2, 0.25) is 0 Å². The molecule has 0 fully saturated rings. The summed E-state index contributed by atoms with van der Waals surface area (Å²) in [6.07, 6.45) is 0. The predicted molar refractivity (Wildman–Crippen MR) is 112 cm³/mol. The van der Waals surface area contributed by atoms with Gasteiger partial charge in [-0.05, 0) is 48.1 Å². The molecule has 0 radical (unpaired) electrons. The molecule has 0 saturated carbocycles. The molecule has 2 heterocycles. The van der Waals surface area contributed by atoms with E-state index in [1.807, 2.05) is 38.3 Å². The van der Waals surface area contributed by atoms with E-state index in [-0.39, 0.29) is 11.8 Å². The molecule has 0 spiro atoms. The summed E-state index contributed by atoms with van der Waals surface area (Å²) in [5, 5.41) is 10.4. The number of hydrogen-bond acceptors (Lipinski definition) is 5. The van der Waals surface area contributed by atoms with Gasteiger partial charge in [0.15, 0.2) is 0 Å². The Morgan fingerprint density at radius 2 is 1.96 bits per heavy atom. The third-order valence-electron chi connectivity index (χ3n) is 3.88. The maximum Gasteiger partial charge on any atom is 0.275 e. The second-order valence-electron chi connectivity index (χ2n) is 6.60. The van der Waals surface area contributed by atoms with Crippen LogP contribution in [0.5, 0.6) is 0 Å². The van der Waals surface area contributed by atoms with Gasteiger partial charge in [-0.3, -0.25) is 9.59 Å². The number of hydrogen-bond donors (Lipinski definition) is 2. The minimum Gasteiger partial charge on any atom is -0.352 e. The molecule has 27 heavy (non-hydrogen) atoms. The van der Waals surface area contributed by atoms with E-state index >= 15 is 0 Å². The summed E-state index contributed by atoms with van der Waals surface area (Å²) < 4.78 is 0. The summed E-state index contributed by atoms with van der Waals surface area (Å²) >= 11 is 3.05. The summed E-state index contributed by atoms with van der Waals surface area (Å²) in [5.74, 6) is 0.0321. The van der Waals surface area contributed by atoms with Gasteiger partial charge in [-0.15, -0.1) is 22.7 Å². The van der Waals surface area contributed by atoms with Crippen LogP contribution in [0.1, 0.15) is 40.3 Å². The number of nitrogens with one attached hydrogen (secondary N) is 2. The Balaban J connectivity index is 1.68. The summed E-state index contributed by atoms with van der Waals surface area (Å²) in [6, 6.07) is 9.20. The van der Waals surface area contributed by atoms with Gasteiger partial charge >= 0.3 is 0 Å². The van der Waals surface area contributed by atoms with Gasteiger partial charge in [0.2, 0.25) is 0 Å². The fourth-order valence-electron chi connectivity index (χ4n) is 2.42. The molecule has 0 atom stereocenters. The molecule has 0 bridgehead atoms. The Morgan fingerprint density at radius 1 is 1.15 bits per heavy atom. The zero-order chi connectivity index (χ0) is 19.4. The van der Waals surface area contributed by atoms with Crippen molar-refractivity contribution in [2.24, 2.45) is 5.92 Å². The van der Waals surface area contributed by atoms with Gasteiger partial charge in [-0.2, -0.15) is 0 Å². The van der Waals surface area contributed by atoms with Crippen LogP contribution in [0.3, 0.4) is 0 Å². The molecule has 7 heteroatoms. The number of aryl methyl sites for hydroxylation is 1. The highest BCUT2D eigenvalue weighted by Gasteiger charge is 2.14. The van der Waals surface area contributed by atoms with Crippen molar-refractivity contribution in [3.05, 3.63) is 57.9 Å². The van der Waals surface area contributed by atoms with Crippen molar-refractivity contribution in [2.75, 3.05) is 11.9 Å². The number of amides is 2. The van der Waals surface area contributed by atoms with Gasteiger partial charge < -0.3 is 10.6 Å². The molecular formula is C20H21N3O2S2. The van der Waals surface area contributed by atoms with E-state index in [1.54, 1.807) is 34.9 Å². The van der Waals surface area contributed by atoms with E-state index in [0.717, 1.165) is 15.4 Å². The fourth-order valence-corrected chi connectivity index (χ4v) is 4.04. The molecule has 0 aliphatic carbocycles. The molecule has 0 saturated heterocycles. The first kappa shape index (κ1) is 19.3. The standard InChI is InChI=1S/C20H21N3O2S2/c1-12(2)10-21-18(24)14-6-7-15(13(3)9-14)22-19(25)16-11-27-20(23-16)17-5-4-8-26-17/h4-9,11-12H,10H2,1-3H3,(H,21,24)(H,22,25). The first-order valence-electron chi connectivity index (χ1n) is 8.63. The van der Waals surface area contributed by atoms with Gasteiger partial charge in [-0.1, -0.05) is 19.9 Å². The van der Waals surface area contributed by atoms with Crippen molar-refractivity contribution in [3.8, 4) is 9.88 Å². The van der Waals surface area contributed by atoms with Crippen molar-refractivity contribution in [2.45, 2.75) is 20.8 Å². The molecule has 3 aromatic rings. The van der Waals surface area contributed by atoms with Crippen LogP contribution in [0, 0.1) is 12.8 Å². The van der Waals surface area contributed by atoms with Crippen LogP contribution >= 0.6 is 22.7 Å². The Labute approximate surface area is 166 Å². The minimum atomic E-state index is -0.255. The Bertz CT molecular complexity index is 946. The fraction of sp³-hybridized carbons (Fsp3) is 0.250. The van der Waals surface area contributed by atoms with Crippen molar-refractivity contribution in [1.29, 1.82) is 0 Å². The highest BCUT2D eigenvalue weighted by atomic mass is 32.1. The van der Waals surface area contributed by atoms with Gasteiger partial charge in [0.05, 0.1) is 4.88 Å². The van der Waals surface area contributed by atoms with Crippen molar-refractivity contribution >= 4 is 40.2 Å². The summed E-state index contributed by atoms with van der Waals surface area (Å²) in [5.41, 5.74) is 2.47. The Morgan fingerprint density at radius 3 is 2.63 bits per heavy atom. The van der Waals surface area contributed by atoms with Crippen LogP contribution in [0.15, 0.2) is 41.1 Å². The lowest BCUT2D eigenvalue weighted by molar-refractivity contribution is 0.0948. The Kier molecular flexibility index (Phi) is 6.03. The number of benzene rings is 1. The smallest absolute Gasteiger partial charge is 0.275 e. The topological polar surface area (TPSA) is 71.1 Å². The number of carbonyl (C=O) groups excluding carboxylic acids is 2. The van der Waals surface area contributed by atoms with Gasteiger partial charge in [0, 0.05) is 23.2 Å². The van der Waals surface area contributed by atoms with Crippen molar-refractivity contribution in [1.82, 2.24) is 10.3 Å². The van der Waals surface area contributed by atoms with E-state index in [9.17, 15) is 9.59 Å².